The van der Waals surface area contributed by atoms with Crippen molar-refractivity contribution in [2.75, 3.05) is 33.5 Å². The molecule has 0 heterocycles. The van der Waals surface area contributed by atoms with Crippen LogP contribution >= 0.6 is 0 Å². The van der Waals surface area contributed by atoms with Gasteiger partial charge in [0.05, 0.1) is 0 Å². The molecule has 0 N–H and O–H groups in total. The summed E-state index contributed by atoms with van der Waals surface area (Å²) >= 11 is 0. The van der Waals surface area contributed by atoms with Crippen LogP contribution in [0.5, 0.6) is 0 Å². The molecule has 3 nitrogen and oxygen atoms in total. The lowest BCUT2D eigenvalue weighted by Gasteiger charge is -2.34. The fourth-order valence-electron chi connectivity index (χ4n) is 2.87. The second-order valence-electron chi connectivity index (χ2n) is 5.94. The smallest absolute Gasteiger partial charge is 0.387 e. The Labute approximate surface area is 143 Å². The van der Waals surface area contributed by atoms with E-state index in [2.05, 4.69) is 43.5 Å². The summed E-state index contributed by atoms with van der Waals surface area (Å²) in [6.07, 6.45) is 7.61. The van der Waals surface area contributed by atoms with E-state index in [1.165, 1.54) is 30.9 Å². The van der Waals surface area contributed by atoms with Crippen LogP contribution in [-0.2, 0) is 8.85 Å². The summed E-state index contributed by atoms with van der Waals surface area (Å²) in [5, 5.41) is 1.18. The number of hydrogen-bond acceptors (Lipinski definition) is 3. The molecule has 0 unspecified atom stereocenters. The highest BCUT2D eigenvalue weighted by molar-refractivity contribution is 6.81. The van der Waals surface area contributed by atoms with Gasteiger partial charge in [0, 0.05) is 25.6 Å². The van der Waals surface area contributed by atoms with Gasteiger partial charge in [0.1, 0.15) is 0 Å². The Balaban J connectivity index is 3.07. The monoisotopic (exact) mass is 335 g/mol. The summed E-state index contributed by atoms with van der Waals surface area (Å²) in [5.41, 5.74) is 1.12. The predicted molar refractivity (Wildman–Crippen MR) is 102 cm³/mol. The van der Waals surface area contributed by atoms with Crippen molar-refractivity contribution >= 4 is 19.8 Å². The Morgan fingerprint density at radius 3 is 2.09 bits per heavy atom. The lowest BCUT2D eigenvalue weighted by atomic mass is 10.2. The van der Waals surface area contributed by atoms with Gasteiger partial charge in [0.15, 0.2) is 0 Å². The molecular formula is C19H33NO2Si. The van der Waals surface area contributed by atoms with Crippen molar-refractivity contribution in [2.24, 2.45) is 0 Å². The summed E-state index contributed by atoms with van der Waals surface area (Å²) in [4.78, 5) is 2.52. The normalized spacial score (nSPS) is 11.9. The molecule has 0 aliphatic carbocycles. The Hall–Kier alpha value is -0.943. The van der Waals surface area contributed by atoms with Crippen molar-refractivity contribution in [3.05, 3.63) is 36.4 Å². The number of nitrogens with zero attached hydrogens (tertiary/aromatic N) is 1. The van der Waals surface area contributed by atoms with Gasteiger partial charge in [-0.25, -0.2) is 0 Å². The molecule has 1 aromatic carbocycles. The lowest BCUT2D eigenvalue weighted by Crippen LogP contribution is -2.61. The van der Waals surface area contributed by atoms with Gasteiger partial charge in [-0.2, -0.15) is 0 Å². The van der Waals surface area contributed by atoms with Crippen molar-refractivity contribution in [1.82, 2.24) is 4.90 Å². The van der Waals surface area contributed by atoms with Crippen molar-refractivity contribution in [2.45, 2.75) is 39.5 Å². The Bertz CT molecular complexity index is 452. The molecule has 4 heteroatoms. The summed E-state index contributed by atoms with van der Waals surface area (Å²) in [7, 11) is 1.08. The first-order valence-electron chi connectivity index (χ1n) is 8.72. The SMILES string of the molecule is C=Cc1ccccc1[Si](CN(CCCC)CCCC)(OC)OC. The zero-order valence-corrected chi connectivity index (χ0v) is 16.3. The maximum absolute atomic E-state index is 6.03. The Morgan fingerprint density at radius 1 is 1.04 bits per heavy atom. The van der Waals surface area contributed by atoms with Gasteiger partial charge in [0.2, 0.25) is 0 Å². The van der Waals surface area contributed by atoms with E-state index in [1.54, 1.807) is 14.2 Å². The van der Waals surface area contributed by atoms with E-state index in [0.717, 1.165) is 24.8 Å². The first kappa shape index (κ1) is 20.1. The Morgan fingerprint density at radius 2 is 1.61 bits per heavy atom. The highest BCUT2D eigenvalue weighted by atomic mass is 28.4. The van der Waals surface area contributed by atoms with Crippen molar-refractivity contribution in [1.29, 1.82) is 0 Å². The van der Waals surface area contributed by atoms with Crippen LogP contribution in [0.4, 0.5) is 0 Å². The van der Waals surface area contributed by atoms with Gasteiger partial charge in [0.25, 0.3) is 0 Å². The standard InChI is InChI=1S/C19H33NO2Si/c1-6-9-15-20(16-10-7-2)17-23(21-4,22-5)19-14-12-11-13-18(19)8-3/h8,11-14H,3,6-7,9-10,15-17H2,1-2,4-5H3. The minimum absolute atomic E-state index is 0.866. The van der Waals surface area contributed by atoms with Crippen LogP contribution in [0.25, 0.3) is 6.08 Å². The minimum atomic E-state index is -2.49. The number of hydrogen-bond donors (Lipinski definition) is 0. The molecule has 0 amide bonds. The molecule has 0 spiro atoms. The highest BCUT2D eigenvalue weighted by Gasteiger charge is 2.41. The molecule has 1 aromatic rings. The van der Waals surface area contributed by atoms with Gasteiger partial charge in [-0.1, -0.05) is 63.6 Å². The molecular weight excluding hydrogens is 302 g/mol. The fourth-order valence-corrected chi connectivity index (χ4v) is 5.78. The number of unbranched alkanes of at least 4 members (excludes halogenated alkanes) is 2. The van der Waals surface area contributed by atoms with Crippen molar-refractivity contribution in [3.8, 4) is 0 Å². The molecule has 1 rings (SSSR count). The molecule has 0 aromatic heterocycles. The molecule has 0 radical (unpaired) electrons. The molecule has 0 aliphatic rings. The van der Waals surface area contributed by atoms with Gasteiger partial charge >= 0.3 is 8.56 Å². The summed E-state index contributed by atoms with van der Waals surface area (Å²) < 4.78 is 12.1. The minimum Gasteiger partial charge on any atom is -0.394 e. The van der Waals surface area contributed by atoms with Crippen LogP contribution in [0.2, 0.25) is 0 Å². The van der Waals surface area contributed by atoms with E-state index in [0.29, 0.717) is 0 Å². The topological polar surface area (TPSA) is 21.7 Å². The largest absolute Gasteiger partial charge is 0.394 e. The molecule has 0 fully saturated rings. The van der Waals surface area contributed by atoms with Gasteiger partial charge in [-0.3, -0.25) is 0 Å². The molecule has 0 saturated carbocycles. The van der Waals surface area contributed by atoms with E-state index in [1.807, 2.05) is 12.1 Å². The maximum atomic E-state index is 6.03. The summed E-state index contributed by atoms with van der Waals surface area (Å²) in [5.74, 6) is 0. The zero-order chi connectivity index (χ0) is 17.1. The van der Waals surface area contributed by atoms with Gasteiger partial charge in [-0.05, 0) is 31.5 Å². The molecule has 0 bridgehead atoms. The van der Waals surface area contributed by atoms with E-state index >= 15 is 0 Å². The molecule has 0 atom stereocenters. The quantitative estimate of drug-likeness (QED) is 0.544. The predicted octanol–water partition coefficient (Wildman–Crippen LogP) is 3.71. The maximum Gasteiger partial charge on any atom is 0.387 e. The average molecular weight is 336 g/mol. The second kappa shape index (κ2) is 10.8. The fraction of sp³-hybridized carbons (Fsp3) is 0.579. The summed E-state index contributed by atoms with van der Waals surface area (Å²) in [6, 6.07) is 8.32. The van der Waals surface area contributed by atoms with Crippen LogP contribution in [-0.4, -0.2) is 46.9 Å². The molecule has 23 heavy (non-hydrogen) atoms. The Kier molecular flexibility index (Phi) is 9.40. The van der Waals surface area contributed by atoms with E-state index in [4.69, 9.17) is 8.85 Å². The van der Waals surface area contributed by atoms with Crippen molar-refractivity contribution < 1.29 is 8.85 Å². The zero-order valence-electron chi connectivity index (χ0n) is 15.3. The van der Waals surface area contributed by atoms with Crippen LogP contribution < -0.4 is 5.19 Å². The van der Waals surface area contributed by atoms with Gasteiger partial charge < -0.3 is 13.8 Å². The van der Waals surface area contributed by atoms with Crippen LogP contribution in [0.15, 0.2) is 30.8 Å². The van der Waals surface area contributed by atoms with Crippen LogP contribution in [0.3, 0.4) is 0 Å². The average Bonchev–Trinajstić information content (AvgIpc) is 2.61. The van der Waals surface area contributed by atoms with E-state index in [-0.39, 0.29) is 0 Å². The first-order valence-corrected chi connectivity index (χ1v) is 10.7. The van der Waals surface area contributed by atoms with Gasteiger partial charge in [-0.15, -0.1) is 0 Å². The van der Waals surface area contributed by atoms with Crippen LogP contribution in [0.1, 0.15) is 45.1 Å². The van der Waals surface area contributed by atoms with E-state index < -0.39 is 8.56 Å². The van der Waals surface area contributed by atoms with E-state index in [9.17, 15) is 0 Å². The molecule has 0 aliphatic heterocycles. The molecule has 130 valence electrons. The third-order valence-corrected chi connectivity index (χ3v) is 7.80. The summed E-state index contributed by atoms with van der Waals surface area (Å²) in [6.45, 7) is 10.6. The third-order valence-electron chi connectivity index (χ3n) is 4.34. The van der Waals surface area contributed by atoms with Crippen molar-refractivity contribution in [3.63, 3.8) is 0 Å². The highest BCUT2D eigenvalue weighted by Crippen LogP contribution is 2.14. The first-order chi connectivity index (χ1) is 11.2. The molecule has 0 saturated heterocycles. The third kappa shape index (κ3) is 5.57. The number of benzene rings is 1. The lowest BCUT2D eigenvalue weighted by molar-refractivity contribution is 0.211. The van der Waals surface area contributed by atoms with Crippen LogP contribution in [0, 0.1) is 0 Å². The second-order valence-corrected chi connectivity index (χ2v) is 9.11. The number of rotatable bonds is 12.